The summed E-state index contributed by atoms with van der Waals surface area (Å²) in [4.78, 5) is 48.1. The van der Waals surface area contributed by atoms with Crippen molar-refractivity contribution in [3.63, 3.8) is 0 Å². The number of rotatable bonds is 4. The Morgan fingerprint density at radius 2 is 1.93 bits per heavy atom. The Kier molecular flexibility index (Phi) is 4.89. The van der Waals surface area contributed by atoms with Gasteiger partial charge in [-0.15, -0.1) is 0 Å². The van der Waals surface area contributed by atoms with Crippen molar-refractivity contribution in [2.45, 2.75) is 6.54 Å². The predicted molar refractivity (Wildman–Crippen MR) is 106 cm³/mol. The maximum Gasteiger partial charge on any atom is 0.332 e. The summed E-state index contributed by atoms with van der Waals surface area (Å²) in [6, 6.07) is 3.55. The van der Waals surface area contributed by atoms with E-state index in [1.54, 1.807) is 19.3 Å². The van der Waals surface area contributed by atoms with Gasteiger partial charge in [0.1, 0.15) is 12.4 Å². The van der Waals surface area contributed by atoms with Crippen LogP contribution in [0, 0.1) is 0 Å². The largest absolute Gasteiger partial charge is 0.378 e. The molecule has 4 heterocycles. The monoisotopic (exact) mass is 399 g/mol. The molecule has 1 aliphatic rings. The molecule has 1 amide bonds. The highest BCUT2D eigenvalue weighted by Gasteiger charge is 2.17. The molecule has 0 aromatic carbocycles. The lowest BCUT2D eigenvalue weighted by molar-refractivity contribution is -0.116. The Labute approximate surface area is 165 Å². The zero-order valence-electron chi connectivity index (χ0n) is 16.2. The van der Waals surface area contributed by atoms with Crippen LogP contribution in [0.25, 0.3) is 11.2 Å². The number of aromatic nitrogens is 5. The Balaban J connectivity index is 1.52. The minimum Gasteiger partial charge on any atom is -0.378 e. The first kappa shape index (κ1) is 18.9. The number of carbonyl (C=O) groups is 1. The molecule has 0 saturated carbocycles. The first-order valence-electron chi connectivity index (χ1n) is 9.15. The second-order valence-electron chi connectivity index (χ2n) is 6.81. The third-order valence-corrected chi connectivity index (χ3v) is 4.87. The van der Waals surface area contributed by atoms with Crippen molar-refractivity contribution in [1.29, 1.82) is 0 Å². The van der Waals surface area contributed by atoms with Crippen LogP contribution in [0.4, 0.5) is 11.5 Å². The van der Waals surface area contributed by atoms with E-state index in [0.717, 1.165) is 23.5 Å². The normalized spacial score (nSPS) is 14.3. The van der Waals surface area contributed by atoms with Gasteiger partial charge < -0.3 is 19.5 Å². The number of imidazole rings is 1. The maximum absolute atomic E-state index is 12.7. The van der Waals surface area contributed by atoms with Crippen molar-refractivity contribution in [2.75, 3.05) is 36.5 Å². The molecule has 29 heavy (non-hydrogen) atoms. The van der Waals surface area contributed by atoms with E-state index < -0.39 is 23.7 Å². The predicted octanol–water partition coefficient (Wildman–Crippen LogP) is -0.696. The quantitative estimate of drug-likeness (QED) is 0.617. The molecular formula is C18H21N7O4. The Hall–Kier alpha value is -3.47. The van der Waals surface area contributed by atoms with Gasteiger partial charge in [-0.2, -0.15) is 0 Å². The van der Waals surface area contributed by atoms with Crippen molar-refractivity contribution in [2.24, 2.45) is 14.1 Å². The first-order valence-corrected chi connectivity index (χ1v) is 9.15. The number of ether oxygens (including phenoxy) is 1. The van der Waals surface area contributed by atoms with E-state index in [9.17, 15) is 14.4 Å². The molecule has 0 aliphatic carbocycles. The van der Waals surface area contributed by atoms with Gasteiger partial charge in [-0.1, -0.05) is 0 Å². The van der Waals surface area contributed by atoms with Gasteiger partial charge in [0.05, 0.1) is 31.4 Å². The fraction of sp³-hybridized carbons (Fsp3) is 0.389. The van der Waals surface area contributed by atoms with Gasteiger partial charge in [0.25, 0.3) is 5.56 Å². The lowest BCUT2D eigenvalue weighted by Gasteiger charge is -2.27. The van der Waals surface area contributed by atoms with Crippen molar-refractivity contribution >= 4 is 28.6 Å². The number of amides is 1. The highest BCUT2D eigenvalue weighted by Crippen LogP contribution is 2.15. The smallest absolute Gasteiger partial charge is 0.332 e. The second kappa shape index (κ2) is 7.51. The van der Waals surface area contributed by atoms with Crippen LogP contribution < -0.4 is 21.5 Å². The number of nitrogens with one attached hydrogen (secondary N) is 1. The van der Waals surface area contributed by atoms with Gasteiger partial charge in [-0.3, -0.25) is 14.2 Å². The Morgan fingerprint density at radius 3 is 2.62 bits per heavy atom. The Morgan fingerprint density at radius 1 is 1.17 bits per heavy atom. The third kappa shape index (κ3) is 3.51. The summed E-state index contributed by atoms with van der Waals surface area (Å²) >= 11 is 0. The van der Waals surface area contributed by atoms with Gasteiger partial charge in [-0.05, 0) is 12.1 Å². The van der Waals surface area contributed by atoms with E-state index >= 15 is 0 Å². The number of fused-ring (bicyclic) bond motifs is 1. The number of morpholine rings is 1. The minimum absolute atomic E-state index is 0.261. The molecule has 0 atom stereocenters. The summed E-state index contributed by atoms with van der Waals surface area (Å²) in [5, 5.41) is 2.68. The molecule has 0 bridgehead atoms. The molecule has 3 aromatic heterocycles. The third-order valence-electron chi connectivity index (χ3n) is 4.87. The summed E-state index contributed by atoms with van der Waals surface area (Å²) in [7, 11) is 3.17. The topological polar surface area (TPSA) is 116 Å². The number of pyridine rings is 1. The van der Waals surface area contributed by atoms with Crippen LogP contribution in [0.5, 0.6) is 0 Å². The molecule has 1 saturated heterocycles. The molecule has 3 aromatic rings. The molecular weight excluding hydrogens is 378 g/mol. The minimum atomic E-state index is -0.600. The molecule has 1 fully saturated rings. The number of hydrogen-bond acceptors (Lipinski definition) is 7. The molecule has 11 nitrogen and oxygen atoms in total. The van der Waals surface area contributed by atoms with Crippen LogP contribution >= 0.6 is 0 Å². The van der Waals surface area contributed by atoms with Crippen LogP contribution in [0.3, 0.4) is 0 Å². The molecule has 152 valence electrons. The lowest BCUT2D eigenvalue weighted by Crippen LogP contribution is -2.42. The molecule has 0 spiro atoms. The van der Waals surface area contributed by atoms with Gasteiger partial charge in [0, 0.05) is 27.2 Å². The Bertz CT molecular complexity index is 1170. The zero-order chi connectivity index (χ0) is 20.5. The van der Waals surface area contributed by atoms with E-state index in [0.29, 0.717) is 18.9 Å². The fourth-order valence-corrected chi connectivity index (χ4v) is 3.32. The van der Waals surface area contributed by atoms with E-state index in [4.69, 9.17) is 4.74 Å². The van der Waals surface area contributed by atoms with Gasteiger partial charge in [0.2, 0.25) is 5.91 Å². The molecule has 0 radical (unpaired) electrons. The summed E-state index contributed by atoms with van der Waals surface area (Å²) in [5.74, 6) is 0.310. The zero-order valence-corrected chi connectivity index (χ0v) is 16.2. The number of hydrogen-bond donors (Lipinski definition) is 1. The van der Waals surface area contributed by atoms with Crippen LogP contribution in [-0.2, 0) is 30.2 Å². The van der Waals surface area contributed by atoms with E-state index in [1.807, 2.05) is 6.07 Å². The number of anilines is 2. The summed E-state index contributed by atoms with van der Waals surface area (Å²) in [6.45, 7) is 2.44. The van der Waals surface area contributed by atoms with E-state index in [2.05, 4.69) is 20.2 Å². The summed E-state index contributed by atoms with van der Waals surface area (Å²) in [5.41, 5.74) is -0.131. The highest BCUT2D eigenvalue weighted by atomic mass is 16.5. The van der Waals surface area contributed by atoms with Crippen LogP contribution in [-0.4, -0.2) is 55.9 Å². The highest BCUT2D eigenvalue weighted by molar-refractivity contribution is 5.90. The van der Waals surface area contributed by atoms with Gasteiger partial charge >= 0.3 is 5.69 Å². The molecule has 0 unspecified atom stereocenters. The summed E-state index contributed by atoms with van der Waals surface area (Å²) < 4.78 is 9.00. The first-order chi connectivity index (χ1) is 14.0. The molecule has 4 rings (SSSR count). The van der Waals surface area contributed by atoms with E-state index in [-0.39, 0.29) is 11.2 Å². The van der Waals surface area contributed by atoms with E-state index in [1.165, 1.54) is 22.5 Å². The van der Waals surface area contributed by atoms with Gasteiger partial charge in [0.15, 0.2) is 11.2 Å². The van der Waals surface area contributed by atoms with Crippen molar-refractivity contribution < 1.29 is 9.53 Å². The summed E-state index contributed by atoms with van der Waals surface area (Å²) in [6.07, 6.45) is 3.01. The van der Waals surface area contributed by atoms with Crippen LogP contribution in [0.15, 0.2) is 34.2 Å². The number of nitrogens with zero attached hydrogens (tertiary/aromatic N) is 6. The van der Waals surface area contributed by atoms with Crippen LogP contribution in [0.2, 0.25) is 0 Å². The SMILES string of the molecule is Cn1cnc2c1c(=O)n(CC(=O)Nc1ccc(N3CCOCC3)nc1)c(=O)n2C. The standard InChI is InChI=1S/C18H21N7O4/c1-22-11-20-16-15(22)17(27)25(18(28)23(16)2)10-14(26)21-12-3-4-13(19-9-12)24-5-7-29-8-6-24/h3-4,9,11H,5-8,10H2,1-2H3,(H,21,26). The maximum atomic E-state index is 12.7. The average molecular weight is 399 g/mol. The molecule has 1 N–H and O–H groups in total. The fourth-order valence-electron chi connectivity index (χ4n) is 3.32. The molecule has 1 aliphatic heterocycles. The second-order valence-corrected chi connectivity index (χ2v) is 6.81. The van der Waals surface area contributed by atoms with Gasteiger partial charge in [-0.25, -0.2) is 19.3 Å². The van der Waals surface area contributed by atoms with Crippen molar-refractivity contribution in [3.05, 3.63) is 45.5 Å². The molecule has 11 heteroatoms. The van der Waals surface area contributed by atoms with Crippen molar-refractivity contribution in [3.8, 4) is 0 Å². The number of aryl methyl sites for hydroxylation is 2. The van der Waals surface area contributed by atoms with Crippen LogP contribution in [0.1, 0.15) is 0 Å². The average Bonchev–Trinajstić information content (AvgIpc) is 3.12. The van der Waals surface area contributed by atoms with Crippen molar-refractivity contribution in [1.82, 2.24) is 23.7 Å². The lowest BCUT2D eigenvalue weighted by atomic mass is 10.3. The number of carbonyl (C=O) groups excluding carboxylic acids is 1.